The summed E-state index contributed by atoms with van der Waals surface area (Å²) in [4.78, 5) is 0. The largest absolute Gasteiger partial charge is 0.495 e. The molecular weight excluding hydrogens is 180 g/mol. The van der Waals surface area contributed by atoms with Crippen LogP contribution in [0.15, 0.2) is 22.3 Å². The van der Waals surface area contributed by atoms with Crippen LogP contribution in [-0.4, -0.2) is 11.7 Å². The molecule has 0 aliphatic carbocycles. The quantitative estimate of drug-likeness (QED) is 0.785. The molecular formula is C11H14O3. The summed E-state index contributed by atoms with van der Waals surface area (Å²) < 4.78 is 10.7. The van der Waals surface area contributed by atoms with E-state index in [0.29, 0.717) is 12.4 Å². The molecule has 0 saturated carbocycles. The van der Waals surface area contributed by atoms with E-state index >= 15 is 0 Å². The van der Waals surface area contributed by atoms with Gasteiger partial charge >= 0.3 is 0 Å². The van der Waals surface area contributed by atoms with Gasteiger partial charge in [0.05, 0.1) is 6.61 Å². The molecule has 1 N–H and O–H groups in total. The third-order valence-corrected chi connectivity index (χ3v) is 2.38. The van der Waals surface area contributed by atoms with Gasteiger partial charge in [-0.05, 0) is 26.0 Å². The molecule has 1 aliphatic rings. The van der Waals surface area contributed by atoms with Crippen LogP contribution in [0.5, 0.6) is 0 Å². The van der Waals surface area contributed by atoms with Crippen molar-refractivity contribution in [1.29, 1.82) is 0 Å². The van der Waals surface area contributed by atoms with Crippen LogP contribution in [0.3, 0.4) is 0 Å². The van der Waals surface area contributed by atoms with Crippen molar-refractivity contribution >= 4 is 0 Å². The first kappa shape index (κ1) is 9.34. The molecule has 76 valence electrons. The number of hydrogen-bond acceptors (Lipinski definition) is 3. The van der Waals surface area contributed by atoms with Crippen LogP contribution in [0, 0.1) is 13.8 Å². The molecule has 1 unspecified atom stereocenters. The maximum absolute atomic E-state index is 9.96. The summed E-state index contributed by atoms with van der Waals surface area (Å²) in [5.74, 6) is 2.22. The summed E-state index contributed by atoms with van der Waals surface area (Å²) in [6.45, 7) is 4.39. The van der Waals surface area contributed by atoms with Gasteiger partial charge in [-0.2, -0.15) is 0 Å². The second-order valence-electron chi connectivity index (χ2n) is 3.51. The molecule has 3 heteroatoms. The molecule has 3 nitrogen and oxygen atoms in total. The van der Waals surface area contributed by atoms with E-state index in [-0.39, 0.29) is 0 Å². The lowest BCUT2D eigenvalue weighted by Gasteiger charge is -2.10. The Hall–Kier alpha value is -1.22. The van der Waals surface area contributed by atoms with E-state index in [1.54, 1.807) is 0 Å². The molecule has 1 atom stereocenters. The van der Waals surface area contributed by atoms with Gasteiger partial charge in [0.25, 0.3) is 0 Å². The molecule has 1 aliphatic heterocycles. The Labute approximate surface area is 83.0 Å². The zero-order valence-electron chi connectivity index (χ0n) is 8.41. The van der Waals surface area contributed by atoms with E-state index in [4.69, 9.17) is 9.15 Å². The number of ether oxygens (including phenoxy) is 1. The SMILES string of the molecule is Cc1cc(C(O)C2=CCCO2)c(C)o1. The summed E-state index contributed by atoms with van der Waals surface area (Å²) in [5.41, 5.74) is 0.802. The van der Waals surface area contributed by atoms with E-state index in [0.717, 1.165) is 23.5 Å². The predicted molar refractivity (Wildman–Crippen MR) is 51.8 cm³/mol. The second-order valence-corrected chi connectivity index (χ2v) is 3.51. The lowest BCUT2D eigenvalue weighted by molar-refractivity contribution is 0.118. The van der Waals surface area contributed by atoms with Gasteiger partial charge in [0.1, 0.15) is 23.4 Å². The molecule has 0 fully saturated rings. The zero-order chi connectivity index (χ0) is 10.1. The van der Waals surface area contributed by atoms with Gasteiger partial charge < -0.3 is 14.3 Å². The van der Waals surface area contributed by atoms with E-state index < -0.39 is 6.10 Å². The highest BCUT2D eigenvalue weighted by Crippen LogP contribution is 2.29. The summed E-state index contributed by atoms with van der Waals surface area (Å²) in [7, 11) is 0. The number of furan rings is 1. The average Bonchev–Trinajstić information content (AvgIpc) is 2.73. The summed E-state index contributed by atoms with van der Waals surface area (Å²) in [5, 5.41) is 9.96. The molecule has 0 bridgehead atoms. The molecule has 0 radical (unpaired) electrons. The first-order valence-electron chi connectivity index (χ1n) is 4.76. The molecule has 1 aromatic heterocycles. The summed E-state index contributed by atoms with van der Waals surface area (Å²) >= 11 is 0. The molecule has 2 rings (SSSR count). The third kappa shape index (κ3) is 1.55. The van der Waals surface area contributed by atoms with Crippen molar-refractivity contribution in [3.05, 3.63) is 35.0 Å². The Bertz CT molecular complexity index is 363. The minimum Gasteiger partial charge on any atom is -0.495 e. The standard InChI is InChI=1S/C11H14O3/c1-7-6-9(8(2)14-7)11(12)10-4-3-5-13-10/h4,6,11-12H,3,5H2,1-2H3. The maximum Gasteiger partial charge on any atom is 0.139 e. The van der Waals surface area contributed by atoms with Gasteiger partial charge in [0, 0.05) is 12.0 Å². The topological polar surface area (TPSA) is 42.6 Å². The predicted octanol–water partition coefficient (Wildman–Crippen LogP) is 2.23. The van der Waals surface area contributed by atoms with E-state index in [1.807, 2.05) is 26.0 Å². The first-order valence-corrected chi connectivity index (χ1v) is 4.76. The van der Waals surface area contributed by atoms with Gasteiger partial charge in [-0.15, -0.1) is 0 Å². The van der Waals surface area contributed by atoms with Crippen LogP contribution in [0.2, 0.25) is 0 Å². The molecule has 1 aromatic rings. The van der Waals surface area contributed by atoms with Crippen LogP contribution >= 0.6 is 0 Å². The molecule has 0 spiro atoms. The summed E-state index contributed by atoms with van der Waals surface area (Å²) in [6.07, 6.45) is 2.13. The Balaban J connectivity index is 2.25. The van der Waals surface area contributed by atoms with Gasteiger partial charge in [-0.3, -0.25) is 0 Å². The number of rotatable bonds is 2. The minimum atomic E-state index is -0.671. The van der Waals surface area contributed by atoms with Gasteiger partial charge in [-0.25, -0.2) is 0 Å². The van der Waals surface area contributed by atoms with Crippen LogP contribution < -0.4 is 0 Å². The van der Waals surface area contributed by atoms with Gasteiger partial charge in [0.15, 0.2) is 0 Å². The fourth-order valence-electron chi connectivity index (χ4n) is 1.70. The highest BCUT2D eigenvalue weighted by Gasteiger charge is 2.21. The van der Waals surface area contributed by atoms with Crippen molar-refractivity contribution < 1.29 is 14.3 Å². The maximum atomic E-state index is 9.96. The number of aliphatic hydroxyl groups is 1. The van der Waals surface area contributed by atoms with Crippen molar-refractivity contribution in [1.82, 2.24) is 0 Å². The monoisotopic (exact) mass is 194 g/mol. The van der Waals surface area contributed by atoms with Gasteiger partial charge in [-0.1, -0.05) is 0 Å². The number of hydrogen-bond donors (Lipinski definition) is 1. The van der Waals surface area contributed by atoms with Crippen molar-refractivity contribution in [2.24, 2.45) is 0 Å². The lowest BCUT2D eigenvalue weighted by Crippen LogP contribution is -2.02. The number of aryl methyl sites for hydroxylation is 2. The van der Waals surface area contributed by atoms with Crippen molar-refractivity contribution in [3.8, 4) is 0 Å². The molecule has 2 heterocycles. The van der Waals surface area contributed by atoms with E-state index in [2.05, 4.69) is 0 Å². The van der Waals surface area contributed by atoms with E-state index in [1.165, 1.54) is 0 Å². The minimum absolute atomic E-state index is 0.647. The first-order chi connectivity index (χ1) is 6.68. The highest BCUT2D eigenvalue weighted by atomic mass is 16.5. The fourth-order valence-corrected chi connectivity index (χ4v) is 1.70. The van der Waals surface area contributed by atoms with Crippen LogP contribution in [0.4, 0.5) is 0 Å². The second kappa shape index (κ2) is 3.50. The highest BCUT2D eigenvalue weighted by molar-refractivity contribution is 5.28. The normalized spacial score (nSPS) is 17.8. The van der Waals surface area contributed by atoms with Gasteiger partial charge in [0.2, 0.25) is 0 Å². The third-order valence-electron chi connectivity index (χ3n) is 2.38. The fraction of sp³-hybridized carbons (Fsp3) is 0.455. The Morgan fingerprint density at radius 2 is 2.21 bits per heavy atom. The Morgan fingerprint density at radius 1 is 1.43 bits per heavy atom. The zero-order valence-corrected chi connectivity index (χ0v) is 8.41. The molecule has 14 heavy (non-hydrogen) atoms. The molecule has 0 saturated heterocycles. The number of aliphatic hydroxyl groups excluding tert-OH is 1. The Kier molecular flexibility index (Phi) is 2.33. The smallest absolute Gasteiger partial charge is 0.139 e. The lowest BCUT2D eigenvalue weighted by atomic mass is 10.1. The van der Waals surface area contributed by atoms with Crippen LogP contribution in [-0.2, 0) is 4.74 Å². The van der Waals surface area contributed by atoms with E-state index in [9.17, 15) is 5.11 Å². The molecule has 0 aromatic carbocycles. The van der Waals surface area contributed by atoms with Crippen molar-refractivity contribution in [3.63, 3.8) is 0 Å². The van der Waals surface area contributed by atoms with Crippen LogP contribution in [0.25, 0.3) is 0 Å². The Morgan fingerprint density at radius 3 is 2.71 bits per heavy atom. The summed E-state index contributed by atoms with van der Waals surface area (Å²) in [6, 6.07) is 1.85. The van der Waals surface area contributed by atoms with Crippen LogP contribution in [0.1, 0.15) is 29.6 Å². The average molecular weight is 194 g/mol. The van der Waals surface area contributed by atoms with Crippen molar-refractivity contribution in [2.45, 2.75) is 26.4 Å². The van der Waals surface area contributed by atoms with Crippen molar-refractivity contribution in [2.75, 3.05) is 6.61 Å². The molecule has 0 amide bonds.